The molecule has 0 saturated heterocycles. The maximum Gasteiger partial charge on any atom is 0.244 e. The molecule has 3 aromatic carbocycles. The zero-order valence-corrected chi connectivity index (χ0v) is 13.7. The first-order valence-electron chi connectivity index (χ1n) is 8.14. The maximum atomic E-state index is 12.1. The Morgan fingerprint density at radius 1 is 1.00 bits per heavy atom. The molecule has 0 aliphatic carbocycles. The van der Waals surface area contributed by atoms with Gasteiger partial charge in [-0.25, -0.2) is 5.43 Å². The SMILES string of the molecule is CCc1ccc(/C=N/NC(=O)Cc2cccc3ccccc23)cc1. The number of rotatable bonds is 5. The molecule has 0 aromatic heterocycles. The van der Waals surface area contributed by atoms with E-state index >= 15 is 0 Å². The van der Waals surface area contributed by atoms with E-state index in [4.69, 9.17) is 0 Å². The van der Waals surface area contributed by atoms with Gasteiger partial charge in [0.05, 0.1) is 12.6 Å². The van der Waals surface area contributed by atoms with Gasteiger partial charge >= 0.3 is 0 Å². The molecular weight excluding hydrogens is 296 g/mol. The van der Waals surface area contributed by atoms with Crippen molar-refractivity contribution in [2.24, 2.45) is 5.10 Å². The predicted molar refractivity (Wildman–Crippen MR) is 99.2 cm³/mol. The van der Waals surface area contributed by atoms with Crippen molar-refractivity contribution in [1.29, 1.82) is 0 Å². The van der Waals surface area contributed by atoms with Gasteiger partial charge in [0.1, 0.15) is 0 Å². The zero-order chi connectivity index (χ0) is 16.8. The molecule has 0 unspecified atom stereocenters. The van der Waals surface area contributed by atoms with Crippen molar-refractivity contribution in [3.63, 3.8) is 0 Å². The largest absolute Gasteiger partial charge is 0.273 e. The fourth-order valence-corrected chi connectivity index (χ4v) is 2.68. The van der Waals surface area contributed by atoms with Crippen LogP contribution in [0.4, 0.5) is 0 Å². The second kappa shape index (κ2) is 7.55. The minimum Gasteiger partial charge on any atom is -0.273 e. The molecule has 0 fully saturated rings. The number of nitrogens with zero attached hydrogens (tertiary/aromatic N) is 1. The third-order valence-electron chi connectivity index (χ3n) is 4.02. The number of hydrogen-bond donors (Lipinski definition) is 1. The summed E-state index contributed by atoms with van der Waals surface area (Å²) in [6.45, 7) is 2.12. The number of carbonyl (C=O) groups is 1. The van der Waals surface area contributed by atoms with Gasteiger partial charge < -0.3 is 0 Å². The number of nitrogens with one attached hydrogen (secondary N) is 1. The van der Waals surface area contributed by atoms with Crippen molar-refractivity contribution in [1.82, 2.24) is 5.43 Å². The minimum atomic E-state index is -0.118. The molecule has 1 N–H and O–H groups in total. The highest BCUT2D eigenvalue weighted by molar-refractivity contribution is 5.90. The molecular formula is C21H20N2O. The summed E-state index contributed by atoms with van der Waals surface area (Å²) < 4.78 is 0. The van der Waals surface area contributed by atoms with Crippen LogP contribution in [0.1, 0.15) is 23.6 Å². The Labute approximate surface area is 142 Å². The first-order valence-corrected chi connectivity index (χ1v) is 8.14. The molecule has 3 nitrogen and oxygen atoms in total. The van der Waals surface area contributed by atoms with Crippen molar-refractivity contribution in [2.75, 3.05) is 0 Å². The number of carbonyl (C=O) groups excluding carboxylic acids is 1. The number of fused-ring (bicyclic) bond motifs is 1. The normalized spacial score (nSPS) is 11.0. The molecule has 0 heterocycles. The van der Waals surface area contributed by atoms with Crippen molar-refractivity contribution in [2.45, 2.75) is 19.8 Å². The summed E-state index contributed by atoms with van der Waals surface area (Å²) in [7, 11) is 0. The van der Waals surface area contributed by atoms with Crippen LogP contribution in [0.2, 0.25) is 0 Å². The second-order valence-electron chi connectivity index (χ2n) is 5.70. The molecule has 24 heavy (non-hydrogen) atoms. The third kappa shape index (κ3) is 3.87. The van der Waals surface area contributed by atoms with E-state index in [0.29, 0.717) is 6.42 Å². The fraction of sp³-hybridized carbons (Fsp3) is 0.143. The fourth-order valence-electron chi connectivity index (χ4n) is 2.68. The van der Waals surface area contributed by atoms with E-state index in [0.717, 1.165) is 28.3 Å². The highest BCUT2D eigenvalue weighted by Gasteiger charge is 2.05. The number of amides is 1. The summed E-state index contributed by atoms with van der Waals surface area (Å²) in [5.74, 6) is -0.118. The first kappa shape index (κ1) is 15.9. The standard InChI is InChI=1S/C21H20N2O/c1-2-16-10-12-17(13-11-16)15-22-23-21(24)14-19-8-5-7-18-6-3-4-9-20(18)19/h3-13,15H,2,14H2,1H3,(H,23,24)/b22-15+. The molecule has 1 amide bonds. The molecule has 3 heteroatoms. The summed E-state index contributed by atoms with van der Waals surface area (Å²) in [6.07, 6.45) is 2.99. The minimum absolute atomic E-state index is 0.118. The molecule has 3 aromatic rings. The molecule has 0 aliphatic rings. The van der Waals surface area contributed by atoms with Crippen LogP contribution in [0.25, 0.3) is 10.8 Å². The number of hydrazone groups is 1. The average molecular weight is 316 g/mol. The lowest BCUT2D eigenvalue weighted by Crippen LogP contribution is -2.19. The molecule has 0 spiro atoms. The summed E-state index contributed by atoms with van der Waals surface area (Å²) in [6, 6.07) is 22.2. The average Bonchev–Trinajstić information content (AvgIpc) is 2.63. The van der Waals surface area contributed by atoms with E-state index in [1.807, 2.05) is 42.5 Å². The van der Waals surface area contributed by atoms with Gasteiger partial charge in [-0.3, -0.25) is 4.79 Å². The highest BCUT2D eigenvalue weighted by Crippen LogP contribution is 2.18. The predicted octanol–water partition coefficient (Wildman–Crippen LogP) is 4.10. The van der Waals surface area contributed by atoms with E-state index < -0.39 is 0 Å². The lowest BCUT2D eigenvalue weighted by atomic mass is 10.0. The molecule has 0 radical (unpaired) electrons. The number of aryl methyl sites for hydroxylation is 1. The summed E-state index contributed by atoms with van der Waals surface area (Å²) in [4.78, 5) is 12.1. The van der Waals surface area contributed by atoms with Crippen LogP contribution < -0.4 is 5.43 Å². The van der Waals surface area contributed by atoms with Crippen molar-refractivity contribution < 1.29 is 4.79 Å². The van der Waals surface area contributed by atoms with E-state index in [9.17, 15) is 4.79 Å². The number of hydrogen-bond acceptors (Lipinski definition) is 2. The van der Waals surface area contributed by atoms with Crippen molar-refractivity contribution in [3.05, 3.63) is 83.4 Å². The van der Waals surface area contributed by atoms with Crippen LogP contribution in [-0.4, -0.2) is 12.1 Å². The van der Waals surface area contributed by atoms with Crippen LogP contribution in [-0.2, 0) is 17.6 Å². The smallest absolute Gasteiger partial charge is 0.244 e. The molecule has 0 bridgehead atoms. The van der Waals surface area contributed by atoms with E-state index in [1.54, 1.807) is 6.21 Å². The van der Waals surface area contributed by atoms with Gasteiger partial charge in [0, 0.05) is 0 Å². The van der Waals surface area contributed by atoms with Gasteiger partial charge in [0.25, 0.3) is 0 Å². The van der Waals surface area contributed by atoms with Gasteiger partial charge in [-0.1, -0.05) is 73.7 Å². The lowest BCUT2D eigenvalue weighted by Gasteiger charge is -2.05. The monoisotopic (exact) mass is 316 g/mol. The molecule has 0 aliphatic heterocycles. The number of benzene rings is 3. The van der Waals surface area contributed by atoms with Gasteiger partial charge in [-0.05, 0) is 33.9 Å². The molecule has 3 rings (SSSR count). The summed E-state index contributed by atoms with van der Waals surface area (Å²) in [5, 5.41) is 6.30. The molecule has 0 saturated carbocycles. The second-order valence-corrected chi connectivity index (χ2v) is 5.70. The summed E-state index contributed by atoms with van der Waals surface area (Å²) in [5.41, 5.74) is 5.87. The summed E-state index contributed by atoms with van der Waals surface area (Å²) >= 11 is 0. The van der Waals surface area contributed by atoms with Crippen LogP contribution >= 0.6 is 0 Å². The Morgan fingerprint density at radius 2 is 1.75 bits per heavy atom. The van der Waals surface area contributed by atoms with E-state index in [2.05, 4.69) is 41.7 Å². The van der Waals surface area contributed by atoms with Gasteiger partial charge in [0.15, 0.2) is 0 Å². The maximum absolute atomic E-state index is 12.1. The topological polar surface area (TPSA) is 41.5 Å². The Bertz CT molecular complexity index is 861. The quantitative estimate of drug-likeness (QED) is 0.559. The van der Waals surface area contributed by atoms with Crippen LogP contribution in [0.15, 0.2) is 71.8 Å². The van der Waals surface area contributed by atoms with E-state index in [-0.39, 0.29) is 5.91 Å². The molecule has 120 valence electrons. The molecule has 0 atom stereocenters. The Kier molecular flexibility index (Phi) is 5.02. The van der Waals surface area contributed by atoms with Crippen LogP contribution in [0.3, 0.4) is 0 Å². The van der Waals surface area contributed by atoms with Gasteiger partial charge in [-0.2, -0.15) is 5.10 Å². The third-order valence-corrected chi connectivity index (χ3v) is 4.02. The van der Waals surface area contributed by atoms with Crippen molar-refractivity contribution in [3.8, 4) is 0 Å². The van der Waals surface area contributed by atoms with Gasteiger partial charge in [0.2, 0.25) is 5.91 Å². The Morgan fingerprint density at radius 3 is 2.54 bits per heavy atom. The highest BCUT2D eigenvalue weighted by atomic mass is 16.2. The first-order chi connectivity index (χ1) is 11.8. The van der Waals surface area contributed by atoms with Crippen LogP contribution in [0.5, 0.6) is 0 Å². The van der Waals surface area contributed by atoms with Crippen molar-refractivity contribution >= 4 is 22.9 Å². The van der Waals surface area contributed by atoms with Gasteiger partial charge in [-0.15, -0.1) is 0 Å². The zero-order valence-electron chi connectivity index (χ0n) is 13.7. The van der Waals surface area contributed by atoms with Crippen LogP contribution in [0, 0.1) is 0 Å². The Balaban J connectivity index is 1.63. The van der Waals surface area contributed by atoms with E-state index in [1.165, 1.54) is 5.56 Å². The lowest BCUT2D eigenvalue weighted by molar-refractivity contribution is -0.120. The Hall–Kier alpha value is -2.94.